The van der Waals surface area contributed by atoms with E-state index in [2.05, 4.69) is 10.0 Å². The summed E-state index contributed by atoms with van der Waals surface area (Å²) >= 11 is 0. The second kappa shape index (κ2) is 5.48. The molecule has 0 fully saturated rings. The molecule has 1 amide bonds. The molecule has 0 radical (unpaired) electrons. The van der Waals surface area contributed by atoms with Crippen LogP contribution in [0.4, 0.5) is 4.48 Å². The maximum absolute atomic E-state index is 12.5. The van der Waals surface area contributed by atoms with Gasteiger partial charge in [0.2, 0.25) is 5.91 Å². The van der Waals surface area contributed by atoms with Crippen LogP contribution < -0.4 is 5.73 Å². The summed E-state index contributed by atoms with van der Waals surface area (Å²) in [6, 6.07) is -1.06. The summed E-state index contributed by atoms with van der Waals surface area (Å²) in [5.74, 6) is -0.854. The van der Waals surface area contributed by atoms with Crippen molar-refractivity contribution >= 4 is 5.91 Å². The van der Waals surface area contributed by atoms with E-state index in [1.807, 2.05) is 0 Å². The van der Waals surface area contributed by atoms with E-state index in [0.29, 0.717) is 0 Å². The highest BCUT2D eigenvalue weighted by atomic mass is 19.2. The molecule has 1 atom stereocenters. The van der Waals surface area contributed by atoms with Crippen molar-refractivity contribution in [2.45, 2.75) is 12.5 Å². The summed E-state index contributed by atoms with van der Waals surface area (Å²) in [6.07, 6.45) is 0.130. The molecule has 0 unspecified atom stereocenters. The van der Waals surface area contributed by atoms with Crippen LogP contribution in [-0.4, -0.2) is 30.7 Å². The van der Waals surface area contributed by atoms with E-state index in [0.717, 1.165) is 7.05 Å². The first-order valence-electron chi connectivity index (χ1n) is 3.31. The molecule has 0 saturated carbocycles. The third-order valence-corrected chi connectivity index (χ3v) is 1.30. The molecule has 0 aliphatic rings. The van der Waals surface area contributed by atoms with Gasteiger partial charge in [-0.1, -0.05) is 0 Å². The summed E-state index contributed by atoms with van der Waals surface area (Å²) in [5.41, 5.74) is 13.0. The number of amides is 1. The van der Waals surface area contributed by atoms with Gasteiger partial charge in [-0.25, -0.2) is 0 Å². The number of likely N-dealkylation sites (N-methyl/N-ethyl adjacent to an activating group) is 1. The lowest BCUT2D eigenvalue weighted by Crippen LogP contribution is -2.33. The van der Waals surface area contributed by atoms with Crippen molar-refractivity contribution < 1.29 is 9.28 Å². The Morgan fingerprint density at radius 3 is 2.83 bits per heavy atom. The van der Waals surface area contributed by atoms with Crippen molar-refractivity contribution in [2.75, 3.05) is 13.6 Å². The lowest BCUT2D eigenvalue weighted by molar-refractivity contribution is -0.129. The van der Waals surface area contributed by atoms with Gasteiger partial charge in [0.15, 0.2) is 0 Å². The molecule has 0 spiro atoms. The van der Waals surface area contributed by atoms with Crippen molar-refractivity contribution in [3.05, 3.63) is 10.4 Å². The van der Waals surface area contributed by atoms with Crippen LogP contribution in [0.25, 0.3) is 10.4 Å². The first-order chi connectivity index (χ1) is 5.63. The summed E-state index contributed by atoms with van der Waals surface area (Å²) in [5, 5.41) is 2.95. The molecule has 0 aliphatic carbocycles. The molecule has 0 aromatic carbocycles. The molecule has 0 aromatic rings. The van der Waals surface area contributed by atoms with Gasteiger partial charge in [-0.15, -0.1) is 9.60 Å². The third-order valence-electron chi connectivity index (χ3n) is 1.30. The van der Waals surface area contributed by atoms with Crippen LogP contribution in [0.3, 0.4) is 0 Å². The highest BCUT2D eigenvalue weighted by Crippen LogP contribution is 2.03. The molecule has 0 bridgehead atoms. The van der Waals surface area contributed by atoms with Gasteiger partial charge in [-0.2, -0.15) is 0 Å². The van der Waals surface area contributed by atoms with Crippen molar-refractivity contribution in [3.8, 4) is 0 Å². The van der Waals surface area contributed by atoms with Gasteiger partial charge in [0.05, 0.1) is 0 Å². The molecular weight excluding hydrogens is 165 g/mol. The highest BCUT2D eigenvalue weighted by Gasteiger charge is 2.20. The quantitative estimate of drug-likeness (QED) is 0.289. The molecule has 68 valence electrons. The molecule has 0 heterocycles. The Balaban J connectivity index is 4.28. The van der Waals surface area contributed by atoms with E-state index in [-0.39, 0.29) is 18.1 Å². The maximum atomic E-state index is 12.5. The van der Waals surface area contributed by atoms with Crippen molar-refractivity contribution in [2.24, 2.45) is 10.8 Å². The lowest BCUT2D eigenvalue weighted by atomic mass is 10.2. The summed E-state index contributed by atoms with van der Waals surface area (Å²) in [4.78, 5) is 13.1. The van der Waals surface area contributed by atoms with Crippen LogP contribution >= 0.6 is 0 Å². The van der Waals surface area contributed by atoms with E-state index < -0.39 is 11.9 Å². The Morgan fingerprint density at radius 2 is 2.50 bits per heavy atom. The van der Waals surface area contributed by atoms with Gasteiger partial charge < -0.3 is 5.73 Å². The fourth-order valence-corrected chi connectivity index (χ4v) is 0.722. The minimum atomic E-state index is -1.06. The van der Waals surface area contributed by atoms with Gasteiger partial charge in [0, 0.05) is 12.0 Å². The zero-order chi connectivity index (χ0) is 9.56. The van der Waals surface area contributed by atoms with Crippen molar-refractivity contribution in [1.29, 1.82) is 0 Å². The largest absolute Gasteiger partial charge is 0.330 e. The van der Waals surface area contributed by atoms with Gasteiger partial charge in [0.1, 0.15) is 6.04 Å². The monoisotopic (exact) mass is 175 g/mol. The van der Waals surface area contributed by atoms with E-state index in [1.165, 1.54) is 0 Å². The SMILES string of the molecule is CN(F)[C@@H](CCN)C(=O)N=[N+]=[N-]. The zero-order valence-corrected chi connectivity index (χ0v) is 6.64. The summed E-state index contributed by atoms with van der Waals surface area (Å²) < 4.78 is 12.5. The normalized spacial score (nSPS) is 12.3. The van der Waals surface area contributed by atoms with Gasteiger partial charge in [-0.05, 0) is 23.6 Å². The number of rotatable bonds is 4. The number of azide groups is 1. The number of nitrogens with two attached hydrogens (primary N) is 1. The maximum Gasteiger partial charge on any atom is 0.238 e. The first kappa shape index (κ1) is 10.8. The van der Waals surface area contributed by atoms with Gasteiger partial charge in [-0.3, -0.25) is 4.79 Å². The van der Waals surface area contributed by atoms with E-state index >= 15 is 0 Å². The average Bonchev–Trinajstić information content (AvgIpc) is 1.99. The first-order valence-corrected chi connectivity index (χ1v) is 3.31. The van der Waals surface area contributed by atoms with Gasteiger partial charge in [0.25, 0.3) is 0 Å². The topological polar surface area (TPSA) is 95.1 Å². The Labute approximate surface area is 68.7 Å². The number of carbonyl (C=O) groups excluding carboxylic acids is 1. The number of hydrogen-bond acceptors (Lipinski definition) is 3. The fourth-order valence-electron chi connectivity index (χ4n) is 0.722. The number of halogens is 1. The minimum absolute atomic E-state index is 0.130. The average molecular weight is 175 g/mol. The Kier molecular flexibility index (Phi) is 4.94. The van der Waals surface area contributed by atoms with Crippen LogP contribution in [0.15, 0.2) is 5.11 Å². The van der Waals surface area contributed by atoms with Crippen LogP contribution in [0.5, 0.6) is 0 Å². The minimum Gasteiger partial charge on any atom is -0.330 e. The molecule has 0 saturated heterocycles. The predicted molar refractivity (Wildman–Crippen MR) is 40.5 cm³/mol. The van der Waals surface area contributed by atoms with Crippen LogP contribution in [0.1, 0.15) is 6.42 Å². The highest BCUT2D eigenvalue weighted by molar-refractivity contribution is 5.82. The molecule has 12 heavy (non-hydrogen) atoms. The van der Waals surface area contributed by atoms with Crippen LogP contribution in [0.2, 0.25) is 0 Å². The van der Waals surface area contributed by atoms with E-state index in [9.17, 15) is 9.28 Å². The van der Waals surface area contributed by atoms with Crippen LogP contribution in [-0.2, 0) is 4.79 Å². The standard InChI is InChI=1S/C5H10FN5O/c1-11(6)4(2-3-7)5(12)9-10-8/h4H,2-3,7H2,1H3/t4-/m0/s1. The number of hydrogen-bond donors (Lipinski definition) is 1. The predicted octanol–water partition coefficient (Wildman–Crippen LogP) is 0.357. The van der Waals surface area contributed by atoms with Crippen molar-refractivity contribution in [3.63, 3.8) is 0 Å². The van der Waals surface area contributed by atoms with E-state index in [4.69, 9.17) is 11.3 Å². The Morgan fingerprint density at radius 1 is 1.92 bits per heavy atom. The smallest absolute Gasteiger partial charge is 0.238 e. The second-order valence-electron chi connectivity index (χ2n) is 2.15. The Bertz CT molecular complexity index is 200. The summed E-state index contributed by atoms with van der Waals surface area (Å²) in [7, 11) is 1.07. The zero-order valence-electron chi connectivity index (χ0n) is 6.64. The van der Waals surface area contributed by atoms with E-state index in [1.54, 1.807) is 0 Å². The van der Waals surface area contributed by atoms with Crippen molar-refractivity contribution in [1.82, 2.24) is 5.12 Å². The molecule has 0 aromatic heterocycles. The summed E-state index contributed by atoms with van der Waals surface area (Å²) in [6.45, 7) is 0.158. The third kappa shape index (κ3) is 3.29. The molecule has 2 N–H and O–H groups in total. The molecule has 7 heteroatoms. The second-order valence-corrected chi connectivity index (χ2v) is 2.15. The molecule has 0 aliphatic heterocycles. The molecule has 0 rings (SSSR count). The Hall–Kier alpha value is -1.17. The molecular formula is C5H10FN5O. The molecule has 6 nitrogen and oxygen atoms in total. The van der Waals surface area contributed by atoms with Crippen LogP contribution in [0, 0.1) is 0 Å². The number of carbonyl (C=O) groups is 1. The van der Waals surface area contributed by atoms with Gasteiger partial charge >= 0.3 is 0 Å². The fraction of sp³-hybridized carbons (Fsp3) is 0.800. The lowest BCUT2D eigenvalue weighted by Gasteiger charge is -2.15. The number of nitrogens with zero attached hydrogens (tertiary/aromatic N) is 4.